The Morgan fingerprint density at radius 2 is 2.18 bits per heavy atom. The molecule has 1 aliphatic heterocycles. The highest BCUT2D eigenvalue weighted by molar-refractivity contribution is 7.99. The first-order chi connectivity index (χ1) is 10.7. The molecule has 0 radical (unpaired) electrons. The van der Waals surface area contributed by atoms with E-state index in [1.165, 1.54) is 11.1 Å². The number of amides is 1. The Hall–Kier alpha value is -1.04. The van der Waals surface area contributed by atoms with Crippen LogP contribution in [0.1, 0.15) is 17.5 Å². The molecule has 0 saturated carbocycles. The van der Waals surface area contributed by atoms with Gasteiger partial charge >= 0.3 is 0 Å². The van der Waals surface area contributed by atoms with E-state index < -0.39 is 0 Å². The average molecular weight is 321 g/mol. The van der Waals surface area contributed by atoms with Crippen molar-refractivity contribution in [1.82, 2.24) is 15.5 Å². The van der Waals surface area contributed by atoms with Gasteiger partial charge < -0.3 is 15.5 Å². The van der Waals surface area contributed by atoms with E-state index in [4.69, 9.17) is 0 Å². The number of benzene rings is 1. The number of carbonyl (C=O) groups excluding carboxylic acids is 1. The van der Waals surface area contributed by atoms with Crippen LogP contribution in [0.15, 0.2) is 24.3 Å². The molecule has 0 aliphatic carbocycles. The third kappa shape index (κ3) is 6.81. The minimum atomic E-state index is 0.151. The second-order valence-electron chi connectivity index (χ2n) is 5.78. The highest BCUT2D eigenvalue weighted by Gasteiger charge is 2.08. The molecule has 1 amide bonds. The lowest BCUT2D eigenvalue weighted by molar-refractivity contribution is -0.118. The standard InChI is InChI=1S/C17H27N3OS/c1-15-4-2-5-16(12-15)13-22-14-17(21)19-6-3-9-20-10-7-18-8-11-20/h2,4-5,12,18H,3,6-11,13-14H2,1H3,(H,19,21). The van der Waals surface area contributed by atoms with E-state index >= 15 is 0 Å². The summed E-state index contributed by atoms with van der Waals surface area (Å²) < 4.78 is 0. The van der Waals surface area contributed by atoms with Crippen molar-refractivity contribution < 1.29 is 4.79 Å². The lowest BCUT2D eigenvalue weighted by Crippen LogP contribution is -2.44. The predicted octanol–water partition coefficient (Wildman–Crippen LogP) is 1.64. The van der Waals surface area contributed by atoms with Gasteiger partial charge in [-0.3, -0.25) is 4.79 Å². The van der Waals surface area contributed by atoms with Crippen molar-refractivity contribution >= 4 is 17.7 Å². The number of hydrogen-bond donors (Lipinski definition) is 2. The highest BCUT2D eigenvalue weighted by Crippen LogP contribution is 2.13. The summed E-state index contributed by atoms with van der Waals surface area (Å²) in [5.74, 6) is 1.59. The fraction of sp³-hybridized carbons (Fsp3) is 0.588. The first-order valence-electron chi connectivity index (χ1n) is 8.07. The number of rotatable bonds is 8. The van der Waals surface area contributed by atoms with Gasteiger partial charge in [0.15, 0.2) is 0 Å². The summed E-state index contributed by atoms with van der Waals surface area (Å²) in [6, 6.07) is 8.46. The summed E-state index contributed by atoms with van der Waals surface area (Å²) in [6.45, 7) is 8.38. The largest absolute Gasteiger partial charge is 0.355 e. The summed E-state index contributed by atoms with van der Waals surface area (Å²) in [4.78, 5) is 14.2. The molecule has 1 aromatic rings. The van der Waals surface area contributed by atoms with Gasteiger partial charge in [0.25, 0.3) is 0 Å². The number of nitrogens with zero attached hydrogens (tertiary/aromatic N) is 1. The van der Waals surface area contributed by atoms with Crippen LogP contribution in [0.2, 0.25) is 0 Å². The van der Waals surface area contributed by atoms with Crippen LogP contribution in [0, 0.1) is 6.92 Å². The van der Waals surface area contributed by atoms with Gasteiger partial charge in [-0.1, -0.05) is 29.8 Å². The molecule has 0 atom stereocenters. The highest BCUT2D eigenvalue weighted by atomic mass is 32.2. The van der Waals surface area contributed by atoms with Crippen molar-refractivity contribution in [3.05, 3.63) is 35.4 Å². The van der Waals surface area contributed by atoms with Crippen molar-refractivity contribution in [2.24, 2.45) is 0 Å². The van der Waals surface area contributed by atoms with E-state index in [9.17, 15) is 4.79 Å². The van der Waals surface area contributed by atoms with E-state index in [0.29, 0.717) is 5.75 Å². The van der Waals surface area contributed by atoms with E-state index in [0.717, 1.165) is 51.4 Å². The van der Waals surface area contributed by atoms with Gasteiger partial charge in [-0.25, -0.2) is 0 Å². The average Bonchev–Trinajstić information content (AvgIpc) is 2.53. The van der Waals surface area contributed by atoms with E-state index in [1.807, 2.05) is 0 Å². The minimum Gasteiger partial charge on any atom is -0.355 e. The Kier molecular flexibility index (Phi) is 7.77. The monoisotopic (exact) mass is 321 g/mol. The van der Waals surface area contributed by atoms with Crippen LogP contribution in [0.25, 0.3) is 0 Å². The van der Waals surface area contributed by atoms with Crippen molar-refractivity contribution in [1.29, 1.82) is 0 Å². The Balaban J connectivity index is 1.50. The lowest BCUT2D eigenvalue weighted by atomic mass is 10.2. The molecule has 1 fully saturated rings. The maximum absolute atomic E-state index is 11.8. The van der Waals surface area contributed by atoms with E-state index in [-0.39, 0.29) is 5.91 Å². The zero-order valence-electron chi connectivity index (χ0n) is 13.4. The number of nitrogens with one attached hydrogen (secondary N) is 2. The number of piperazine rings is 1. The topological polar surface area (TPSA) is 44.4 Å². The second kappa shape index (κ2) is 9.87. The molecule has 0 aromatic heterocycles. The normalized spacial score (nSPS) is 15.7. The molecule has 1 aromatic carbocycles. The molecule has 1 heterocycles. The summed E-state index contributed by atoms with van der Waals surface area (Å²) in [5.41, 5.74) is 2.56. The van der Waals surface area contributed by atoms with Crippen LogP contribution >= 0.6 is 11.8 Å². The lowest BCUT2D eigenvalue weighted by Gasteiger charge is -2.27. The van der Waals surface area contributed by atoms with Crippen LogP contribution in [0.3, 0.4) is 0 Å². The number of aryl methyl sites for hydroxylation is 1. The predicted molar refractivity (Wildman–Crippen MR) is 94.3 cm³/mol. The Morgan fingerprint density at radius 3 is 2.95 bits per heavy atom. The van der Waals surface area contributed by atoms with Crippen molar-refractivity contribution in [3.8, 4) is 0 Å². The van der Waals surface area contributed by atoms with Gasteiger partial charge in [0.05, 0.1) is 5.75 Å². The Bertz CT molecular complexity index is 461. The molecule has 2 rings (SSSR count). The molecule has 0 bridgehead atoms. The molecule has 0 unspecified atom stereocenters. The zero-order valence-corrected chi connectivity index (χ0v) is 14.3. The number of thioether (sulfide) groups is 1. The molecule has 5 heteroatoms. The van der Waals surface area contributed by atoms with Gasteiger partial charge in [0.1, 0.15) is 0 Å². The molecular formula is C17H27N3OS. The fourth-order valence-corrected chi connectivity index (χ4v) is 3.38. The molecule has 4 nitrogen and oxygen atoms in total. The van der Waals surface area contributed by atoms with Crippen LogP contribution in [0.5, 0.6) is 0 Å². The van der Waals surface area contributed by atoms with Gasteiger partial charge in [-0.05, 0) is 25.5 Å². The molecule has 22 heavy (non-hydrogen) atoms. The summed E-state index contributed by atoms with van der Waals surface area (Å²) in [6.07, 6.45) is 1.04. The SMILES string of the molecule is Cc1cccc(CSCC(=O)NCCCN2CCNCC2)c1. The third-order valence-corrected chi connectivity index (χ3v) is 4.77. The van der Waals surface area contributed by atoms with Crippen LogP contribution in [-0.2, 0) is 10.5 Å². The smallest absolute Gasteiger partial charge is 0.230 e. The number of hydrogen-bond acceptors (Lipinski definition) is 4. The molecular weight excluding hydrogens is 294 g/mol. The minimum absolute atomic E-state index is 0.151. The van der Waals surface area contributed by atoms with Crippen molar-refractivity contribution in [3.63, 3.8) is 0 Å². The van der Waals surface area contributed by atoms with E-state index in [1.54, 1.807) is 11.8 Å². The van der Waals surface area contributed by atoms with Crippen molar-refractivity contribution in [2.75, 3.05) is 45.0 Å². The van der Waals surface area contributed by atoms with Gasteiger partial charge in [-0.15, -0.1) is 11.8 Å². The van der Waals surface area contributed by atoms with Gasteiger partial charge in [-0.2, -0.15) is 0 Å². The summed E-state index contributed by atoms with van der Waals surface area (Å²) in [7, 11) is 0. The van der Waals surface area contributed by atoms with Crippen molar-refractivity contribution in [2.45, 2.75) is 19.1 Å². The third-order valence-electron chi connectivity index (χ3n) is 3.77. The fourth-order valence-electron chi connectivity index (χ4n) is 2.58. The first-order valence-corrected chi connectivity index (χ1v) is 9.22. The Labute approximate surface area is 138 Å². The zero-order chi connectivity index (χ0) is 15.6. The van der Waals surface area contributed by atoms with Crippen LogP contribution in [0.4, 0.5) is 0 Å². The molecule has 1 saturated heterocycles. The molecule has 0 spiro atoms. The maximum Gasteiger partial charge on any atom is 0.230 e. The second-order valence-corrected chi connectivity index (χ2v) is 6.76. The van der Waals surface area contributed by atoms with Crippen LogP contribution in [-0.4, -0.2) is 55.8 Å². The summed E-state index contributed by atoms with van der Waals surface area (Å²) >= 11 is 1.68. The van der Waals surface area contributed by atoms with Gasteiger partial charge in [0.2, 0.25) is 5.91 Å². The van der Waals surface area contributed by atoms with Gasteiger partial charge in [0, 0.05) is 38.5 Å². The molecule has 122 valence electrons. The quantitative estimate of drug-likeness (QED) is 0.715. The number of carbonyl (C=O) groups is 1. The Morgan fingerprint density at radius 1 is 1.36 bits per heavy atom. The molecule has 1 aliphatic rings. The van der Waals surface area contributed by atoms with Crippen LogP contribution < -0.4 is 10.6 Å². The van der Waals surface area contributed by atoms with E-state index in [2.05, 4.69) is 46.7 Å². The first kappa shape index (κ1) is 17.3. The summed E-state index contributed by atoms with van der Waals surface area (Å²) in [5, 5.41) is 6.37. The molecule has 2 N–H and O–H groups in total. The maximum atomic E-state index is 11.8.